The van der Waals surface area contributed by atoms with Gasteiger partial charge >= 0.3 is 11.9 Å². The van der Waals surface area contributed by atoms with Gasteiger partial charge in [0.2, 0.25) is 0 Å². The SMILES string of the molecule is COC(=O)c1c(-c2ccc(C)c(F)c2)nn(-c2ccccc2)c1C(=O)OC. The first-order chi connectivity index (χ1) is 13.0. The van der Waals surface area contributed by atoms with Gasteiger partial charge in [-0.05, 0) is 30.7 Å². The average Bonchev–Trinajstić information content (AvgIpc) is 3.10. The van der Waals surface area contributed by atoms with Gasteiger partial charge in [0.05, 0.1) is 19.9 Å². The third-order valence-electron chi connectivity index (χ3n) is 4.10. The fourth-order valence-electron chi connectivity index (χ4n) is 2.70. The number of carbonyl (C=O) groups excluding carboxylic acids is 2. The molecule has 0 N–H and O–H groups in total. The zero-order valence-corrected chi connectivity index (χ0v) is 15.0. The number of ether oxygens (including phenoxy) is 2. The molecule has 27 heavy (non-hydrogen) atoms. The number of hydrogen-bond donors (Lipinski definition) is 0. The van der Waals surface area contributed by atoms with Crippen LogP contribution in [0.5, 0.6) is 0 Å². The summed E-state index contributed by atoms with van der Waals surface area (Å²) in [5.41, 5.74) is 1.29. The summed E-state index contributed by atoms with van der Waals surface area (Å²) in [5, 5.41) is 4.41. The number of halogens is 1. The van der Waals surface area contributed by atoms with Crippen molar-refractivity contribution in [2.24, 2.45) is 0 Å². The molecule has 138 valence electrons. The molecule has 1 heterocycles. The van der Waals surface area contributed by atoms with Crippen LogP contribution >= 0.6 is 0 Å². The summed E-state index contributed by atoms with van der Waals surface area (Å²) in [7, 11) is 2.40. The standard InChI is InChI=1S/C20H17FN2O4/c1-12-9-10-13(11-15(12)21)17-16(19(24)26-2)18(20(25)27-3)23(22-17)14-7-5-4-6-8-14/h4-11H,1-3H3. The number of aryl methyl sites for hydroxylation is 1. The minimum atomic E-state index is -0.770. The van der Waals surface area contributed by atoms with Crippen molar-refractivity contribution < 1.29 is 23.5 Å². The van der Waals surface area contributed by atoms with Crippen molar-refractivity contribution in [1.29, 1.82) is 0 Å². The van der Waals surface area contributed by atoms with E-state index in [0.29, 0.717) is 16.8 Å². The van der Waals surface area contributed by atoms with Crippen LogP contribution in [-0.2, 0) is 9.47 Å². The highest BCUT2D eigenvalue weighted by Crippen LogP contribution is 2.30. The highest BCUT2D eigenvalue weighted by atomic mass is 19.1. The van der Waals surface area contributed by atoms with E-state index in [1.165, 1.54) is 25.0 Å². The first-order valence-corrected chi connectivity index (χ1v) is 8.09. The Balaban J connectivity index is 2.36. The number of hydrogen-bond acceptors (Lipinski definition) is 5. The van der Waals surface area contributed by atoms with Crippen molar-refractivity contribution in [3.8, 4) is 16.9 Å². The van der Waals surface area contributed by atoms with Gasteiger partial charge in [-0.15, -0.1) is 0 Å². The third-order valence-corrected chi connectivity index (χ3v) is 4.10. The number of benzene rings is 2. The number of esters is 2. The highest BCUT2D eigenvalue weighted by Gasteiger charge is 2.31. The van der Waals surface area contributed by atoms with E-state index in [2.05, 4.69) is 5.10 Å². The summed E-state index contributed by atoms with van der Waals surface area (Å²) >= 11 is 0. The molecule has 0 amide bonds. The summed E-state index contributed by atoms with van der Waals surface area (Å²) < 4.78 is 25.1. The van der Waals surface area contributed by atoms with Crippen molar-refractivity contribution in [1.82, 2.24) is 9.78 Å². The minimum Gasteiger partial charge on any atom is -0.465 e. The van der Waals surface area contributed by atoms with E-state index in [1.807, 2.05) is 6.07 Å². The maximum absolute atomic E-state index is 14.1. The molecule has 1 aromatic heterocycles. The molecule has 3 rings (SSSR count). The first-order valence-electron chi connectivity index (χ1n) is 8.09. The Bertz CT molecular complexity index is 1010. The second kappa shape index (κ2) is 7.41. The second-order valence-electron chi connectivity index (χ2n) is 5.77. The van der Waals surface area contributed by atoms with Crippen LogP contribution < -0.4 is 0 Å². The van der Waals surface area contributed by atoms with E-state index < -0.39 is 17.8 Å². The Hall–Kier alpha value is -3.48. The monoisotopic (exact) mass is 368 g/mol. The van der Waals surface area contributed by atoms with Gasteiger partial charge in [0.1, 0.15) is 17.1 Å². The molecule has 0 aliphatic carbocycles. The third kappa shape index (κ3) is 3.31. The normalized spacial score (nSPS) is 10.5. The summed E-state index contributed by atoms with van der Waals surface area (Å²) in [6.07, 6.45) is 0. The van der Waals surface area contributed by atoms with Crippen LogP contribution in [0, 0.1) is 12.7 Å². The molecule has 0 aliphatic rings. The molecule has 0 saturated heterocycles. The molecule has 0 atom stereocenters. The van der Waals surface area contributed by atoms with Gasteiger partial charge in [0.25, 0.3) is 0 Å². The number of aromatic nitrogens is 2. The minimum absolute atomic E-state index is 0.0866. The van der Waals surface area contributed by atoms with Crippen molar-refractivity contribution in [3.63, 3.8) is 0 Å². The maximum atomic E-state index is 14.1. The fourth-order valence-corrected chi connectivity index (χ4v) is 2.70. The van der Waals surface area contributed by atoms with Crippen LogP contribution in [0.15, 0.2) is 48.5 Å². The van der Waals surface area contributed by atoms with Gasteiger partial charge < -0.3 is 9.47 Å². The molecule has 0 bridgehead atoms. The number of para-hydroxylation sites is 1. The highest BCUT2D eigenvalue weighted by molar-refractivity contribution is 6.06. The Morgan fingerprint density at radius 2 is 1.67 bits per heavy atom. The van der Waals surface area contributed by atoms with Crippen molar-refractivity contribution in [2.75, 3.05) is 14.2 Å². The van der Waals surface area contributed by atoms with Crippen LogP contribution in [-0.4, -0.2) is 35.9 Å². The summed E-state index contributed by atoms with van der Waals surface area (Å²) in [5.74, 6) is -1.98. The molecule has 6 nitrogen and oxygen atoms in total. The molecule has 0 saturated carbocycles. The van der Waals surface area contributed by atoms with E-state index >= 15 is 0 Å². The lowest BCUT2D eigenvalue weighted by Gasteiger charge is -2.07. The van der Waals surface area contributed by atoms with Gasteiger partial charge in [-0.1, -0.05) is 30.3 Å². The Labute approximate surface area is 155 Å². The van der Waals surface area contributed by atoms with Crippen LogP contribution in [0.4, 0.5) is 4.39 Å². The lowest BCUT2D eigenvalue weighted by Crippen LogP contribution is -2.15. The maximum Gasteiger partial charge on any atom is 0.357 e. The predicted octanol–water partition coefficient (Wildman–Crippen LogP) is 3.56. The zero-order chi connectivity index (χ0) is 19.6. The largest absolute Gasteiger partial charge is 0.465 e. The Morgan fingerprint density at radius 1 is 1.00 bits per heavy atom. The van der Waals surface area contributed by atoms with E-state index in [1.54, 1.807) is 43.3 Å². The summed E-state index contributed by atoms with van der Waals surface area (Å²) in [6, 6.07) is 13.2. The zero-order valence-electron chi connectivity index (χ0n) is 15.0. The van der Waals surface area contributed by atoms with E-state index in [-0.39, 0.29) is 17.0 Å². The molecular formula is C20H17FN2O4. The van der Waals surface area contributed by atoms with Crippen LogP contribution in [0.3, 0.4) is 0 Å². The molecule has 0 spiro atoms. The first kappa shape index (κ1) is 18.3. The molecule has 2 aromatic carbocycles. The lowest BCUT2D eigenvalue weighted by atomic mass is 10.0. The fraction of sp³-hybridized carbons (Fsp3) is 0.150. The summed E-state index contributed by atoms with van der Waals surface area (Å²) in [4.78, 5) is 24.9. The lowest BCUT2D eigenvalue weighted by molar-refractivity contribution is 0.0549. The number of nitrogens with zero attached hydrogens (tertiary/aromatic N) is 2. The molecule has 3 aromatic rings. The number of methoxy groups -OCH3 is 2. The quantitative estimate of drug-likeness (QED) is 0.659. The van der Waals surface area contributed by atoms with E-state index in [9.17, 15) is 14.0 Å². The molecule has 0 aliphatic heterocycles. The predicted molar refractivity (Wildman–Crippen MR) is 96.4 cm³/mol. The van der Waals surface area contributed by atoms with Gasteiger partial charge in [-0.2, -0.15) is 5.10 Å². The van der Waals surface area contributed by atoms with Crippen LogP contribution in [0.2, 0.25) is 0 Å². The van der Waals surface area contributed by atoms with Crippen molar-refractivity contribution in [3.05, 3.63) is 71.2 Å². The Morgan fingerprint density at radius 3 is 2.26 bits per heavy atom. The smallest absolute Gasteiger partial charge is 0.357 e. The molecule has 0 radical (unpaired) electrons. The average molecular weight is 368 g/mol. The molecule has 0 unspecified atom stereocenters. The van der Waals surface area contributed by atoms with Gasteiger partial charge in [0.15, 0.2) is 5.69 Å². The molecule has 0 fully saturated rings. The van der Waals surface area contributed by atoms with E-state index in [4.69, 9.17) is 9.47 Å². The second-order valence-corrected chi connectivity index (χ2v) is 5.77. The topological polar surface area (TPSA) is 70.4 Å². The van der Waals surface area contributed by atoms with Crippen molar-refractivity contribution >= 4 is 11.9 Å². The van der Waals surface area contributed by atoms with Crippen LogP contribution in [0.1, 0.15) is 26.4 Å². The van der Waals surface area contributed by atoms with Gasteiger partial charge in [-0.25, -0.2) is 18.7 Å². The Kier molecular flexibility index (Phi) is 5.03. The van der Waals surface area contributed by atoms with Crippen LogP contribution in [0.25, 0.3) is 16.9 Å². The van der Waals surface area contributed by atoms with Gasteiger partial charge in [0, 0.05) is 5.56 Å². The number of rotatable bonds is 4. The summed E-state index contributed by atoms with van der Waals surface area (Å²) in [6.45, 7) is 1.63. The van der Waals surface area contributed by atoms with E-state index in [0.717, 1.165) is 0 Å². The van der Waals surface area contributed by atoms with Crippen molar-refractivity contribution in [2.45, 2.75) is 6.92 Å². The molecular weight excluding hydrogens is 351 g/mol. The molecule has 7 heteroatoms. The van der Waals surface area contributed by atoms with Gasteiger partial charge in [-0.3, -0.25) is 0 Å². The number of carbonyl (C=O) groups is 2.